The van der Waals surface area contributed by atoms with Crippen molar-refractivity contribution in [3.8, 4) is 0 Å². The van der Waals surface area contributed by atoms with Crippen LogP contribution in [0, 0.1) is 28.6 Å². The first kappa shape index (κ1) is 14.5. The summed E-state index contributed by atoms with van der Waals surface area (Å²) >= 11 is 0. The van der Waals surface area contributed by atoms with E-state index in [0.717, 1.165) is 19.3 Å². The monoisotopic (exact) mass is 292 g/mol. The molecule has 2 N–H and O–H groups in total. The van der Waals surface area contributed by atoms with Crippen LogP contribution in [0.3, 0.4) is 0 Å². The Labute approximate surface area is 129 Å². The van der Waals surface area contributed by atoms with E-state index < -0.39 is 0 Å². The Morgan fingerprint density at radius 2 is 1.67 bits per heavy atom. The van der Waals surface area contributed by atoms with Crippen molar-refractivity contribution in [2.24, 2.45) is 28.6 Å². The van der Waals surface area contributed by atoms with Gasteiger partial charge in [-0.2, -0.15) is 0 Å². The van der Waals surface area contributed by atoms with Gasteiger partial charge in [-0.1, -0.05) is 13.8 Å². The zero-order valence-electron chi connectivity index (χ0n) is 13.8. The molecule has 0 radical (unpaired) electrons. The summed E-state index contributed by atoms with van der Waals surface area (Å²) in [5, 5.41) is 21.6. The molecule has 0 heterocycles. The lowest BCUT2D eigenvalue weighted by Gasteiger charge is -2.63. The van der Waals surface area contributed by atoms with E-state index in [1.165, 1.54) is 44.9 Å². The first-order chi connectivity index (χ1) is 9.89. The summed E-state index contributed by atoms with van der Waals surface area (Å²) in [5.41, 5.74) is 0.174. The molecule has 2 heteroatoms. The molecule has 0 aliphatic heterocycles. The average Bonchev–Trinajstić information content (AvgIpc) is 2.75. The summed E-state index contributed by atoms with van der Waals surface area (Å²) in [7, 11) is 0. The highest BCUT2D eigenvalue weighted by atomic mass is 16.3. The summed E-state index contributed by atoms with van der Waals surface area (Å²) in [6.45, 7) is 4.84. The highest BCUT2D eigenvalue weighted by molar-refractivity contribution is 5.14. The van der Waals surface area contributed by atoms with Gasteiger partial charge in [0.25, 0.3) is 0 Å². The molecule has 0 amide bonds. The van der Waals surface area contributed by atoms with Crippen LogP contribution in [-0.2, 0) is 0 Å². The molecule has 0 saturated heterocycles. The molecule has 0 bridgehead atoms. The van der Waals surface area contributed by atoms with Crippen LogP contribution < -0.4 is 0 Å². The Hall–Kier alpha value is -0.0800. The summed E-state index contributed by atoms with van der Waals surface area (Å²) in [5.74, 6) is 1.91. The molecule has 0 aromatic heterocycles. The van der Waals surface area contributed by atoms with Crippen molar-refractivity contribution in [1.29, 1.82) is 0 Å². The van der Waals surface area contributed by atoms with Crippen molar-refractivity contribution in [2.75, 3.05) is 0 Å². The molecule has 4 rings (SSSR count). The van der Waals surface area contributed by atoms with Crippen molar-refractivity contribution >= 4 is 0 Å². The second-order valence-electron chi connectivity index (χ2n) is 9.30. The second-order valence-corrected chi connectivity index (χ2v) is 9.30. The first-order valence-electron chi connectivity index (χ1n) is 9.29. The fraction of sp³-hybridized carbons (Fsp3) is 1.00. The lowest BCUT2D eigenvalue weighted by molar-refractivity contribution is -0.202. The molecule has 4 aliphatic rings. The third-order valence-electron chi connectivity index (χ3n) is 8.62. The molecule has 120 valence electrons. The van der Waals surface area contributed by atoms with Crippen LogP contribution in [0.15, 0.2) is 0 Å². The van der Waals surface area contributed by atoms with Crippen LogP contribution in [0.25, 0.3) is 0 Å². The Balaban J connectivity index is 1.67. The van der Waals surface area contributed by atoms with Crippen LogP contribution in [0.5, 0.6) is 0 Å². The Bertz CT molecular complexity index is 435. The van der Waals surface area contributed by atoms with E-state index in [9.17, 15) is 10.2 Å². The van der Waals surface area contributed by atoms with Gasteiger partial charge < -0.3 is 10.2 Å². The summed E-state index contributed by atoms with van der Waals surface area (Å²) in [6.07, 6.45) is 11.5. The minimum Gasteiger partial charge on any atom is -0.393 e. The third kappa shape index (κ3) is 1.78. The van der Waals surface area contributed by atoms with Crippen LogP contribution in [0.1, 0.15) is 78.1 Å². The second kappa shape index (κ2) is 4.47. The molecule has 7 atom stereocenters. The molecule has 2 nitrogen and oxygen atoms in total. The fourth-order valence-corrected chi connectivity index (χ4v) is 7.19. The minimum absolute atomic E-state index is 0.0666. The molecular formula is C19H32O2. The van der Waals surface area contributed by atoms with E-state index in [1.807, 2.05) is 0 Å². The van der Waals surface area contributed by atoms with Crippen molar-refractivity contribution < 1.29 is 10.2 Å². The van der Waals surface area contributed by atoms with Crippen molar-refractivity contribution in [1.82, 2.24) is 0 Å². The number of hydrogen-bond acceptors (Lipinski definition) is 2. The SMILES string of the molecule is C[C@@]12CCC[C@@]1(O)[C@@H]1CCC3CC(O)CC[C@]3(C)[C@H]1CC2. The molecule has 0 aromatic carbocycles. The van der Waals surface area contributed by atoms with Gasteiger partial charge in [0.2, 0.25) is 0 Å². The summed E-state index contributed by atoms with van der Waals surface area (Å²) in [4.78, 5) is 0. The summed E-state index contributed by atoms with van der Waals surface area (Å²) in [6, 6.07) is 0. The minimum atomic E-state index is -0.389. The Morgan fingerprint density at radius 3 is 2.48 bits per heavy atom. The normalized spacial score (nSPS) is 60.0. The van der Waals surface area contributed by atoms with Crippen molar-refractivity contribution in [3.63, 3.8) is 0 Å². The third-order valence-corrected chi connectivity index (χ3v) is 8.62. The number of hydrogen-bond donors (Lipinski definition) is 2. The van der Waals surface area contributed by atoms with Gasteiger partial charge in [0.05, 0.1) is 11.7 Å². The van der Waals surface area contributed by atoms with Gasteiger partial charge in [-0.15, -0.1) is 0 Å². The fourth-order valence-electron chi connectivity index (χ4n) is 7.19. The smallest absolute Gasteiger partial charge is 0.0731 e. The molecule has 0 spiro atoms. The molecule has 2 unspecified atom stereocenters. The number of rotatable bonds is 0. The topological polar surface area (TPSA) is 40.5 Å². The van der Waals surface area contributed by atoms with Gasteiger partial charge in [-0.05, 0) is 92.8 Å². The van der Waals surface area contributed by atoms with Crippen LogP contribution in [-0.4, -0.2) is 21.9 Å². The lowest BCUT2D eigenvalue weighted by Crippen LogP contribution is -2.61. The van der Waals surface area contributed by atoms with Gasteiger partial charge in [-0.25, -0.2) is 0 Å². The summed E-state index contributed by atoms with van der Waals surface area (Å²) < 4.78 is 0. The molecule has 4 aliphatic carbocycles. The Kier molecular flexibility index (Phi) is 3.09. The highest BCUT2D eigenvalue weighted by Crippen LogP contribution is 2.67. The van der Waals surface area contributed by atoms with E-state index in [1.54, 1.807) is 0 Å². The predicted octanol–water partition coefficient (Wildman–Crippen LogP) is 3.90. The van der Waals surface area contributed by atoms with E-state index in [-0.39, 0.29) is 17.1 Å². The van der Waals surface area contributed by atoms with E-state index in [2.05, 4.69) is 13.8 Å². The zero-order chi connectivity index (χ0) is 14.9. The van der Waals surface area contributed by atoms with E-state index in [4.69, 9.17) is 0 Å². The van der Waals surface area contributed by atoms with E-state index in [0.29, 0.717) is 23.2 Å². The van der Waals surface area contributed by atoms with Gasteiger partial charge >= 0.3 is 0 Å². The Morgan fingerprint density at radius 1 is 0.857 bits per heavy atom. The highest BCUT2D eigenvalue weighted by Gasteiger charge is 2.64. The predicted molar refractivity (Wildman–Crippen MR) is 83.8 cm³/mol. The maximum Gasteiger partial charge on any atom is 0.0731 e. The van der Waals surface area contributed by atoms with Crippen molar-refractivity contribution in [3.05, 3.63) is 0 Å². The molecule has 21 heavy (non-hydrogen) atoms. The van der Waals surface area contributed by atoms with Crippen LogP contribution in [0.4, 0.5) is 0 Å². The number of fused-ring (bicyclic) bond motifs is 5. The largest absolute Gasteiger partial charge is 0.393 e. The average molecular weight is 292 g/mol. The van der Waals surface area contributed by atoms with Crippen molar-refractivity contribution in [2.45, 2.75) is 89.8 Å². The lowest BCUT2D eigenvalue weighted by atomic mass is 9.44. The molecule has 4 fully saturated rings. The molecule has 4 saturated carbocycles. The van der Waals surface area contributed by atoms with E-state index >= 15 is 0 Å². The standard InChI is InChI=1S/C19H32O2/c1-17-8-3-9-19(17,21)16-5-4-13-12-14(20)6-11-18(13,2)15(16)7-10-17/h13-16,20-21H,3-12H2,1-2H3/t13?,14?,15-,16+,17-,18-,19+/m0/s1. The molecular weight excluding hydrogens is 260 g/mol. The van der Waals surface area contributed by atoms with Gasteiger partial charge in [0.1, 0.15) is 0 Å². The quantitative estimate of drug-likeness (QED) is 0.711. The van der Waals surface area contributed by atoms with Crippen LogP contribution in [0.2, 0.25) is 0 Å². The first-order valence-corrected chi connectivity index (χ1v) is 9.29. The zero-order valence-corrected chi connectivity index (χ0v) is 13.8. The van der Waals surface area contributed by atoms with Crippen LogP contribution >= 0.6 is 0 Å². The maximum atomic E-state index is 11.6. The maximum absolute atomic E-state index is 11.6. The van der Waals surface area contributed by atoms with Gasteiger partial charge in [0, 0.05) is 0 Å². The van der Waals surface area contributed by atoms with Gasteiger partial charge in [-0.3, -0.25) is 0 Å². The van der Waals surface area contributed by atoms with Gasteiger partial charge in [0.15, 0.2) is 0 Å². The number of aliphatic hydroxyl groups is 2. The molecule has 0 aromatic rings. The number of aliphatic hydroxyl groups excluding tert-OH is 1.